The number of unbranched alkanes of at least 4 members (excludes halogenated alkanes) is 46. The van der Waals surface area contributed by atoms with Crippen LogP contribution >= 0.6 is 0 Å². The fourth-order valence-corrected chi connectivity index (χ4v) is 11.1. The van der Waals surface area contributed by atoms with E-state index in [9.17, 15) is 15.0 Å². The number of allylic oxidation sites excluding steroid dienone is 15. The van der Waals surface area contributed by atoms with Crippen LogP contribution in [0.2, 0.25) is 0 Å². The van der Waals surface area contributed by atoms with Crippen LogP contribution in [0.5, 0.6) is 0 Å². The van der Waals surface area contributed by atoms with Crippen LogP contribution < -0.4 is 5.32 Å². The standard InChI is InChI=1S/C78H141NO3/c1-3-5-7-9-11-13-15-17-19-21-23-25-27-29-31-33-34-35-36-37-38-39-40-41-42-43-44-46-48-50-52-54-56-58-60-62-64-66-68-70-72-74-78(82)79-76(75-80)77(81)73-71-69-67-65-63-61-59-57-55-53-51-49-47-45-32-30-28-26-24-22-20-18-16-14-12-10-8-6-4-2/h5,7,11,13,17,19,23,25,29,31,55,57,63,65,71,73,76-77,80-81H,3-4,6,8-10,12,14-16,18,20-22,24,26-28,30,32-54,56,58-62,64,66-70,72,74-75H2,1-2H3,(H,79,82)/b7-5-,13-11-,19-17-,25-23-,31-29-,57-55+,65-63+,73-71+. The van der Waals surface area contributed by atoms with Crippen LogP contribution in [-0.4, -0.2) is 34.9 Å². The number of rotatable bonds is 67. The van der Waals surface area contributed by atoms with Crippen molar-refractivity contribution in [3.63, 3.8) is 0 Å². The summed E-state index contributed by atoms with van der Waals surface area (Å²) in [5, 5.41) is 23.3. The Morgan fingerprint density at radius 3 is 0.854 bits per heavy atom. The summed E-state index contributed by atoms with van der Waals surface area (Å²) in [5.74, 6) is -0.0728. The van der Waals surface area contributed by atoms with E-state index in [1.165, 1.54) is 283 Å². The zero-order chi connectivity index (χ0) is 59.1. The molecule has 82 heavy (non-hydrogen) atoms. The largest absolute Gasteiger partial charge is 0.394 e. The smallest absolute Gasteiger partial charge is 0.220 e. The molecule has 1 amide bonds. The first kappa shape index (κ1) is 79.3. The maximum atomic E-state index is 12.5. The van der Waals surface area contributed by atoms with Gasteiger partial charge in [0.2, 0.25) is 5.91 Å². The topological polar surface area (TPSA) is 69.6 Å². The monoisotopic (exact) mass is 1140 g/mol. The Morgan fingerprint density at radius 1 is 0.305 bits per heavy atom. The van der Waals surface area contributed by atoms with Gasteiger partial charge in [-0.2, -0.15) is 0 Å². The fourth-order valence-electron chi connectivity index (χ4n) is 11.1. The molecule has 0 spiro atoms. The molecule has 476 valence electrons. The molecule has 0 aliphatic heterocycles. The van der Waals surface area contributed by atoms with Gasteiger partial charge in [0.1, 0.15) is 0 Å². The first-order valence-electron chi connectivity index (χ1n) is 36.5. The third-order valence-corrected chi connectivity index (χ3v) is 16.5. The molecule has 0 aliphatic rings. The number of carbonyl (C=O) groups is 1. The van der Waals surface area contributed by atoms with E-state index in [1.807, 2.05) is 6.08 Å². The van der Waals surface area contributed by atoms with Gasteiger partial charge in [0.15, 0.2) is 0 Å². The maximum Gasteiger partial charge on any atom is 0.220 e. The second-order valence-corrected chi connectivity index (χ2v) is 24.6. The van der Waals surface area contributed by atoms with Crippen LogP contribution in [0.25, 0.3) is 0 Å². The fraction of sp³-hybridized carbons (Fsp3) is 0.782. The summed E-state index contributed by atoms with van der Waals surface area (Å²) in [7, 11) is 0. The van der Waals surface area contributed by atoms with E-state index in [4.69, 9.17) is 0 Å². The first-order valence-corrected chi connectivity index (χ1v) is 36.5. The van der Waals surface area contributed by atoms with Crippen LogP contribution in [0.4, 0.5) is 0 Å². The number of hydrogen-bond donors (Lipinski definition) is 3. The molecule has 4 heteroatoms. The molecule has 2 unspecified atom stereocenters. The summed E-state index contributed by atoms with van der Waals surface area (Å²) in [6, 6.07) is -0.650. The molecular formula is C78H141NO3. The Morgan fingerprint density at radius 2 is 0.549 bits per heavy atom. The lowest BCUT2D eigenvalue weighted by Crippen LogP contribution is -2.45. The Labute approximate surface area is 513 Å². The summed E-state index contributed by atoms with van der Waals surface area (Å²) >= 11 is 0. The molecule has 0 fully saturated rings. The number of carbonyl (C=O) groups excluding carboxylic acids is 1. The van der Waals surface area contributed by atoms with E-state index in [1.54, 1.807) is 6.08 Å². The summed E-state index contributed by atoms with van der Waals surface area (Å²) in [6.45, 7) is 4.21. The molecule has 3 N–H and O–H groups in total. The minimum atomic E-state index is -0.874. The molecular weight excluding hydrogens is 999 g/mol. The van der Waals surface area contributed by atoms with Gasteiger partial charge in [-0.1, -0.05) is 374 Å². The highest BCUT2D eigenvalue weighted by Crippen LogP contribution is 2.18. The van der Waals surface area contributed by atoms with E-state index in [0.29, 0.717) is 6.42 Å². The molecule has 0 saturated heterocycles. The quantitative estimate of drug-likeness (QED) is 0.0420. The lowest BCUT2D eigenvalue weighted by Gasteiger charge is -2.19. The van der Waals surface area contributed by atoms with E-state index < -0.39 is 12.1 Å². The molecule has 0 aliphatic carbocycles. The van der Waals surface area contributed by atoms with Crippen molar-refractivity contribution in [3.8, 4) is 0 Å². The number of aliphatic hydroxyl groups is 2. The predicted molar refractivity (Wildman–Crippen MR) is 368 cm³/mol. The minimum Gasteiger partial charge on any atom is -0.394 e. The van der Waals surface area contributed by atoms with Crippen LogP contribution in [0.15, 0.2) is 97.2 Å². The van der Waals surface area contributed by atoms with Crippen LogP contribution in [0.3, 0.4) is 0 Å². The van der Waals surface area contributed by atoms with Crippen molar-refractivity contribution in [1.29, 1.82) is 0 Å². The molecule has 0 saturated carbocycles. The highest BCUT2D eigenvalue weighted by Gasteiger charge is 2.18. The van der Waals surface area contributed by atoms with Crippen molar-refractivity contribution < 1.29 is 15.0 Å². The lowest BCUT2D eigenvalue weighted by molar-refractivity contribution is -0.123. The minimum absolute atomic E-state index is 0.0728. The maximum absolute atomic E-state index is 12.5. The number of amides is 1. The third kappa shape index (κ3) is 68.1. The first-order chi connectivity index (χ1) is 40.7. The SMILES string of the molecule is CC/C=C\C/C=C\C/C=C\C/C=C\C/C=C\CCCCCCCCCCCCCCCCCCCCCCCCCCCC(=O)NC(CO)C(O)/C=C/CC/C=C/CC/C=C/CCCCCCCCCCCCCCCCCCCCC. The molecule has 0 rings (SSSR count). The Balaban J connectivity index is 3.47. The number of hydrogen-bond acceptors (Lipinski definition) is 3. The zero-order valence-electron chi connectivity index (χ0n) is 55.0. The molecule has 0 aromatic carbocycles. The second-order valence-electron chi connectivity index (χ2n) is 24.6. The van der Waals surface area contributed by atoms with Crippen LogP contribution in [0.1, 0.15) is 373 Å². The van der Waals surface area contributed by atoms with E-state index in [0.717, 1.165) is 70.6 Å². The van der Waals surface area contributed by atoms with Gasteiger partial charge in [-0.05, 0) is 89.9 Å². The molecule has 4 nitrogen and oxygen atoms in total. The van der Waals surface area contributed by atoms with E-state index in [-0.39, 0.29) is 12.5 Å². The van der Waals surface area contributed by atoms with Gasteiger partial charge in [0.25, 0.3) is 0 Å². The average Bonchev–Trinajstić information content (AvgIpc) is 3.50. The molecule has 0 bridgehead atoms. The normalized spacial score (nSPS) is 13.3. The van der Waals surface area contributed by atoms with Gasteiger partial charge >= 0.3 is 0 Å². The van der Waals surface area contributed by atoms with Gasteiger partial charge in [0, 0.05) is 6.42 Å². The van der Waals surface area contributed by atoms with Gasteiger partial charge in [-0.25, -0.2) is 0 Å². The molecule has 0 aromatic heterocycles. The van der Waals surface area contributed by atoms with Crippen molar-refractivity contribution in [2.24, 2.45) is 0 Å². The highest BCUT2D eigenvalue weighted by atomic mass is 16.3. The molecule has 2 atom stereocenters. The van der Waals surface area contributed by atoms with Crippen LogP contribution in [-0.2, 0) is 4.79 Å². The van der Waals surface area contributed by atoms with Gasteiger partial charge in [-0.3, -0.25) is 4.79 Å². The summed E-state index contributed by atoms with van der Waals surface area (Å²) in [6.07, 6.45) is 108. The summed E-state index contributed by atoms with van der Waals surface area (Å²) in [5.41, 5.74) is 0. The van der Waals surface area contributed by atoms with E-state index >= 15 is 0 Å². The Hall–Kier alpha value is -2.69. The van der Waals surface area contributed by atoms with Crippen molar-refractivity contribution >= 4 is 5.91 Å². The Kier molecular flexibility index (Phi) is 70.2. The average molecular weight is 1140 g/mol. The zero-order valence-corrected chi connectivity index (χ0v) is 55.0. The Bertz CT molecular complexity index is 1480. The highest BCUT2D eigenvalue weighted by molar-refractivity contribution is 5.76. The predicted octanol–water partition coefficient (Wildman–Crippen LogP) is 25.2. The summed E-state index contributed by atoms with van der Waals surface area (Å²) < 4.78 is 0. The van der Waals surface area contributed by atoms with Crippen molar-refractivity contribution in [3.05, 3.63) is 97.2 Å². The van der Waals surface area contributed by atoms with Gasteiger partial charge < -0.3 is 15.5 Å². The lowest BCUT2D eigenvalue weighted by atomic mass is 10.0. The second kappa shape index (κ2) is 72.6. The van der Waals surface area contributed by atoms with Crippen LogP contribution in [0, 0.1) is 0 Å². The van der Waals surface area contributed by atoms with Crippen molar-refractivity contribution in [2.75, 3.05) is 6.61 Å². The van der Waals surface area contributed by atoms with Gasteiger partial charge in [-0.15, -0.1) is 0 Å². The number of aliphatic hydroxyl groups excluding tert-OH is 2. The van der Waals surface area contributed by atoms with Crippen molar-refractivity contribution in [1.82, 2.24) is 5.32 Å². The van der Waals surface area contributed by atoms with Gasteiger partial charge in [0.05, 0.1) is 18.8 Å². The molecule has 0 heterocycles. The molecule has 0 radical (unpaired) electrons. The molecule has 0 aromatic rings. The van der Waals surface area contributed by atoms with E-state index in [2.05, 4.69) is 104 Å². The third-order valence-electron chi connectivity index (χ3n) is 16.5. The summed E-state index contributed by atoms with van der Waals surface area (Å²) in [4.78, 5) is 12.5. The number of nitrogens with one attached hydrogen (secondary N) is 1. The van der Waals surface area contributed by atoms with Crippen molar-refractivity contribution in [2.45, 2.75) is 386 Å².